The zero-order chi connectivity index (χ0) is 12.4. The maximum atomic E-state index is 13.8. The van der Waals surface area contributed by atoms with Crippen LogP contribution < -0.4 is 4.74 Å². The number of rotatable bonds is 2. The number of nitrogens with zero attached hydrogens (tertiary/aromatic N) is 3. The largest absolute Gasteiger partial charge is 0.451 e. The molecule has 0 saturated carbocycles. The van der Waals surface area contributed by atoms with Crippen LogP contribution in [0.2, 0.25) is 0 Å². The standard InChI is InChI=1S/C11H7BrFN3O/c1-16-6-8(5-15-16)17-9-3-2-7(4-14)10(12)11(9)13/h2-3,5-6H,1H3. The van der Waals surface area contributed by atoms with E-state index >= 15 is 0 Å². The molecule has 0 atom stereocenters. The molecule has 2 aromatic rings. The Morgan fingerprint density at radius 2 is 2.29 bits per heavy atom. The Kier molecular flexibility index (Phi) is 3.11. The third-order valence-corrected chi connectivity index (χ3v) is 2.85. The maximum Gasteiger partial charge on any atom is 0.181 e. The average Bonchev–Trinajstić information content (AvgIpc) is 2.71. The second kappa shape index (κ2) is 4.55. The van der Waals surface area contributed by atoms with Crippen molar-refractivity contribution in [2.24, 2.45) is 7.05 Å². The number of ether oxygens (including phenoxy) is 1. The summed E-state index contributed by atoms with van der Waals surface area (Å²) in [6.07, 6.45) is 3.09. The van der Waals surface area contributed by atoms with Crippen molar-refractivity contribution in [3.8, 4) is 17.6 Å². The van der Waals surface area contributed by atoms with Gasteiger partial charge in [0, 0.05) is 7.05 Å². The summed E-state index contributed by atoms with van der Waals surface area (Å²) in [6, 6.07) is 4.77. The first-order valence-corrected chi connectivity index (χ1v) is 5.45. The summed E-state index contributed by atoms with van der Waals surface area (Å²) >= 11 is 3.01. The Balaban J connectivity index is 2.35. The van der Waals surface area contributed by atoms with E-state index in [2.05, 4.69) is 21.0 Å². The van der Waals surface area contributed by atoms with Gasteiger partial charge in [0.1, 0.15) is 6.07 Å². The summed E-state index contributed by atoms with van der Waals surface area (Å²) in [5, 5.41) is 12.6. The SMILES string of the molecule is Cn1cc(Oc2ccc(C#N)c(Br)c2F)cn1. The quantitative estimate of drug-likeness (QED) is 0.856. The van der Waals surface area contributed by atoms with E-state index in [9.17, 15) is 4.39 Å². The van der Waals surface area contributed by atoms with Crippen molar-refractivity contribution < 1.29 is 9.13 Å². The van der Waals surface area contributed by atoms with Crippen molar-refractivity contribution in [1.82, 2.24) is 9.78 Å². The fourth-order valence-electron chi connectivity index (χ4n) is 1.28. The van der Waals surface area contributed by atoms with Gasteiger partial charge < -0.3 is 4.74 Å². The predicted molar refractivity (Wildman–Crippen MR) is 62.1 cm³/mol. The zero-order valence-corrected chi connectivity index (χ0v) is 10.4. The van der Waals surface area contributed by atoms with Crippen LogP contribution in [0.5, 0.6) is 11.5 Å². The first-order valence-electron chi connectivity index (χ1n) is 4.66. The summed E-state index contributed by atoms with van der Waals surface area (Å²) in [5.74, 6) is -0.125. The third-order valence-electron chi connectivity index (χ3n) is 2.08. The molecule has 0 amide bonds. The summed E-state index contributed by atoms with van der Waals surface area (Å²) in [5.41, 5.74) is 0.223. The zero-order valence-electron chi connectivity index (χ0n) is 8.82. The number of benzene rings is 1. The second-order valence-electron chi connectivity index (χ2n) is 3.30. The molecule has 1 aromatic heterocycles. The maximum absolute atomic E-state index is 13.8. The third kappa shape index (κ3) is 2.29. The summed E-state index contributed by atoms with van der Waals surface area (Å²) in [4.78, 5) is 0. The molecule has 0 bridgehead atoms. The minimum absolute atomic E-state index is 0.0453. The molecular formula is C11H7BrFN3O. The molecule has 1 heterocycles. The van der Waals surface area contributed by atoms with E-state index in [0.717, 1.165) is 0 Å². The van der Waals surface area contributed by atoms with Crippen LogP contribution in [0.15, 0.2) is 29.0 Å². The average molecular weight is 296 g/mol. The second-order valence-corrected chi connectivity index (χ2v) is 4.10. The van der Waals surface area contributed by atoms with Crippen LogP contribution in [-0.4, -0.2) is 9.78 Å². The number of aryl methyl sites for hydroxylation is 1. The molecule has 1 aromatic carbocycles. The van der Waals surface area contributed by atoms with Gasteiger partial charge in [0.15, 0.2) is 17.3 Å². The van der Waals surface area contributed by atoms with E-state index in [1.807, 2.05) is 6.07 Å². The van der Waals surface area contributed by atoms with E-state index < -0.39 is 5.82 Å². The van der Waals surface area contributed by atoms with Crippen LogP contribution in [0.4, 0.5) is 4.39 Å². The summed E-state index contributed by atoms with van der Waals surface area (Å²) in [6.45, 7) is 0. The molecule has 0 spiro atoms. The van der Waals surface area contributed by atoms with Crippen molar-refractivity contribution >= 4 is 15.9 Å². The van der Waals surface area contributed by atoms with Crippen LogP contribution in [0.3, 0.4) is 0 Å². The smallest absolute Gasteiger partial charge is 0.181 e. The summed E-state index contributed by atoms with van der Waals surface area (Å²) < 4.78 is 20.8. The minimum atomic E-state index is -0.604. The Labute approximate surface area is 105 Å². The number of hydrogen-bond acceptors (Lipinski definition) is 3. The van der Waals surface area contributed by atoms with E-state index in [1.54, 1.807) is 17.9 Å². The molecule has 4 nitrogen and oxygen atoms in total. The van der Waals surface area contributed by atoms with Crippen molar-refractivity contribution in [2.45, 2.75) is 0 Å². The molecule has 0 fully saturated rings. The van der Waals surface area contributed by atoms with Gasteiger partial charge in [0.05, 0.1) is 22.4 Å². The molecule has 0 aliphatic heterocycles. The highest BCUT2D eigenvalue weighted by Crippen LogP contribution is 2.31. The van der Waals surface area contributed by atoms with Gasteiger partial charge in [-0.05, 0) is 28.1 Å². The Morgan fingerprint density at radius 1 is 1.53 bits per heavy atom. The molecular weight excluding hydrogens is 289 g/mol. The van der Waals surface area contributed by atoms with Gasteiger partial charge in [-0.15, -0.1) is 0 Å². The van der Waals surface area contributed by atoms with Gasteiger partial charge >= 0.3 is 0 Å². The van der Waals surface area contributed by atoms with Crippen LogP contribution in [0.1, 0.15) is 5.56 Å². The molecule has 0 aliphatic rings. The number of nitriles is 1. The van der Waals surface area contributed by atoms with Crippen molar-refractivity contribution in [3.63, 3.8) is 0 Å². The highest BCUT2D eigenvalue weighted by atomic mass is 79.9. The monoisotopic (exact) mass is 295 g/mol. The Bertz CT molecular complexity index is 603. The normalized spacial score (nSPS) is 10.0. The molecule has 17 heavy (non-hydrogen) atoms. The highest BCUT2D eigenvalue weighted by molar-refractivity contribution is 9.10. The van der Waals surface area contributed by atoms with Gasteiger partial charge in [0.2, 0.25) is 0 Å². The highest BCUT2D eigenvalue weighted by Gasteiger charge is 2.13. The number of aromatic nitrogens is 2. The molecule has 0 saturated heterocycles. The van der Waals surface area contributed by atoms with E-state index in [4.69, 9.17) is 10.00 Å². The number of hydrogen-bond donors (Lipinski definition) is 0. The lowest BCUT2D eigenvalue weighted by atomic mass is 10.2. The lowest BCUT2D eigenvalue weighted by Crippen LogP contribution is -1.91. The van der Waals surface area contributed by atoms with Gasteiger partial charge in [-0.3, -0.25) is 4.68 Å². The number of halogens is 2. The molecule has 0 unspecified atom stereocenters. The first kappa shape index (κ1) is 11.6. The molecule has 0 aliphatic carbocycles. The lowest BCUT2D eigenvalue weighted by Gasteiger charge is -2.06. The van der Waals surface area contributed by atoms with Crippen molar-refractivity contribution in [2.75, 3.05) is 0 Å². The predicted octanol–water partition coefficient (Wildman–Crippen LogP) is 2.99. The van der Waals surface area contributed by atoms with E-state index in [0.29, 0.717) is 5.75 Å². The van der Waals surface area contributed by atoms with Crippen molar-refractivity contribution in [1.29, 1.82) is 5.26 Å². The van der Waals surface area contributed by atoms with Gasteiger partial charge in [-0.1, -0.05) is 0 Å². The topological polar surface area (TPSA) is 50.8 Å². The Morgan fingerprint density at radius 3 is 2.88 bits per heavy atom. The van der Waals surface area contributed by atoms with Crippen LogP contribution >= 0.6 is 15.9 Å². The van der Waals surface area contributed by atoms with Crippen LogP contribution in [0.25, 0.3) is 0 Å². The van der Waals surface area contributed by atoms with E-state index in [1.165, 1.54) is 18.3 Å². The van der Waals surface area contributed by atoms with Gasteiger partial charge in [0.25, 0.3) is 0 Å². The molecule has 2 rings (SSSR count). The molecule has 0 N–H and O–H groups in total. The van der Waals surface area contributed by atoms with Gasteiger partial charge in [-0.2, -0.15) is 10.4 Å². The van der Waals surface area contributed by atoms with Crippen LogP contribution in [0, 0.1) is 17.1 Å². The van der Waals surface area contributed by atoms with Crippen molar-refractivity contribution in [3.05, 3.63) is 40.4 Å². The Hall–Kier alpha value is -1.87. The van der Waals surface area contributed by atoms with Crippen LogP contribution in [-0.2, 0) is 7.05 Å². The fourth-order valence-corrected chi connectivity index (χ4v) is 1.69. The molecule has 0 radical (unpaired) electrons. The minimum Gasteiger partial charge on any atom is -0.451 e. The fraction of sp³-hybridized carbons (Fsp3) is 0.0909. The first-order chi connectivity index (χ1) is 8.11. The molecule has 86 valence electrons. The van der Waals surface area contributed by atoms with Gasteiger partial charge in [-0.25, -0.2) is 4.39 Å². The molecule has 6 heteroatoms. The van der Waals surface area contributed by atoms with E-state index in [-0.39, 0.29) is 15.8 Å². The summed E-state index contributed by atoms with van der Waals surface area (Å²) in [7, 11) is 1.73. The lowest BCUT2D eigenvalue weighted by molar-refractivity contribution is 0.440.